The van der Waals surface area contributed by atoms with E-state index in [1.165, 1.54) is 31.3 Å². The summed E-state index contributed by atoms with van der Waals surface area (Å²) in [6.07, 6.45) is 5.41. The van der Waals surface area contributed by atoms with Crippen LogP contribution in [0.3, 0.4) is 0 Å². The molecule has 1 aliphatic carbocycles. The first-order valence-electron chi connectivity index (χ1n) is 4.43. The molecule has 0 aromatic carbocycles. The van der Waals surface area contributed by atoms with Crippen molar-refractivity contribution in [1.29, 1.82) is 0 Å². The second kappa shape index (κ2) is 3.23. The lowest BCUT2D eigenvalue weighted by Crippen LogP contribution is -2.17. The van der Waals surface area contributed by atoms with Gasteiger partial charge in [-0.25, -0.2) is 0 Å². The van der Waals surface area contributed by atoms with Gasteiger partial charge in [0.05, 0.1) is 0 Å². The van der Waals surface area contributed by atoms with Crippen LogP contribution in [-0.2, 0) is 0 Å². The van der Waals surface area contributed by atoms with Crippen LogP contribution in [0, 0.1) is 11.8 Å². The quantitative estimate of drug-likeness (QED) is 0.487. The van der Waals surface area contributed by atoms with E-state index in [1.54, 1.807) is 0 Å². The van der Waals surface area contributed by atoms with Gasteiger partial charge < -0.3 is 0 Å². The van der Waals surface area contributed by atoms with Gasteiger partial charge >= 0.3 is 0 Å². The van der Waals surface area contributed by atoms with Gasteiger partial charge in [0, 0.05) is 0 Å². The molecule has 0 aromatic heterocycles. The van der Waals surface area contributed by atoms with Crippen molar-refractivity contribution in [2.24, 2.45) is 11.8 Å². The molecule has 0 saturated heterocycles. The number of hydrogen-bond donors (Lipinski definition) is 0. The zero-order valence-electron chi connectivity index (χ0n) is 7.19. The predicted molar refractivity (Wildman–Crippen MR) is 45.9 cm³/mol. The molecule has 2 atom stereocenters. The molecule has 0 heteroatoms. The molecular formula is C10H18. The Bertz CT molecular complexity index is 124. The molecule has 58 valence electrons. The van der Waals surface area contributed by atoms with Crippen molar-refractivity contribution in [2.45, 2.75) is 39.5 Å². The first-order chi connectivity index (χ1) is 4.75. The van der Waals surface area contributed by atoms with Crippen molar-refractivity contribution < 1.29 is 0 Å². The molecule has 1 fully saturated rings. The molecule has 0 spiro atoms. The van der Waals surface area contributed by atoms with Crippen molar-refractivity contribution in [1.82, 2.24) is 0 Å². The number of hydrogen-bond acceptors (Lipinski definition) is 0. The standard InChI is InChI=1S/C10H18/c1-4-10-7-5-6-8(2)9(10)3/h9-10H,2,4-7H2,1,3H3. The number of allylic oxidation sites excluding steroid dienone is 1. The molecule has 0 heterocycles. The normalized spacial score (nSPS) is 34.4. The molecule has 0 N–H and O–H groups in total. The Labute approximate surface area is 64.3 Å². The van der Waals surface area contributed by atoms with Crippen LogP contribution in [0.2, 0.25) is 0 Å². The second-order valence-corrected chi connectivity index (χ2v) is 3.51. The van der Waals surface area contributed by atoms with Gasteiger partial charge in [-0.05, 0) is 31.1 Å². The molecule has 1 saturated carbocycles. The summed E-state index contributed by atoms with van der Waals surface area (Å²) in [6.45, 7) is 8.71. The van der Waals surface area contributed by atoms with Gasteiger partial charge in [-0.2, -0.15) is 0 Å². The lowest BCUT2D eigenvalue weighted by molar-refractivity contribution is 0.315. The van der Waals surface area contributed by atoms with Gasteiger partial charge in [0.1, 0.15) is 0 Å². The van der Waals surface area contributed by atoms with Gasteiger partial charge in [0.2, 0.25) is 0 Å². The van der Waals surface area contributed by atoms with Gasteiger partial charge in [-0.15, -0.1) is 0 Å². The highest BCUT2D eigenvalue weighted by Crippen LogP contribution is 2.34. The van der Waals surface area contributed by atoms with Crippen molar-refractivity contribution in [3.05, 3.63) is 12.2 Å². The Morgan fingerprint density at radius 3 is 2.80 bits per heavy atom. The largest absolute Gasteiger partial charge is 0.0996 e. The first kappa shape index (κ1) is 7.84. The van der Waals surface area contributed by atoms with Crippen LogP contribution in [0.15, 0.2) is 12.2 Å². The zero-order chi connectivity index (χ0) is 7.56. The average molecular weight is 138 g/mol. The van der Waals surface area contributed by atoms with Crippen LogP contribution >= 0.6 is 0 Å². The van der Waals surface area contributed by atoms with E-state index in [9.17, 15) is 0 Å². The summed E-state index contributed by atoms with van der Waals surface area (Å²) in [6, 6.07) is 0. The summed E-state index contributed by atoms with van der Waals surface area (Å²) >= 11 is 0. The summed E-state index contributed by atoms with van der Waals surface area (Å²) < 4.78 is 0. The van der Waals surface area contributed by atoms with Crippen molar-refractivity contribution >= 4 is 0 Å². The van der Waals surface area contributed by atoms with Crippen molar-refractivity contribution in [2.75, 3.05) is 0 Å². The molecular weight excluding hydrogens is 120 g/mol. The minimum atomic E-state index is 0.791. The zero-order valence-corrected chi connectivity index (χ0v) is 7.19. The lowest BCUT2D eigenvalue weighted by atomic mass is 9.76. The third-order valence-electron chi connectivity index (χ3n) is 2.95. The summed E-state index contributed by atoms with van der Waals surface area (Å²) in [5.74, 6) is 1.72. The molecule has 1 rings (SSSR count). The Morgan fingerprint density at radius 1 is 1.60 bits per heavy atom. The van der Waals surface area contributed by atoms with Crippen molar-refractivity contribution in [3.63, 3.8) is 0 Å². The average Bonchev–Trinajstić information content (AvgIpc) is 1.95. The Kier molecular flexibility index (Phi) is 2.53. The van der Waals surface area contributed by atoms with E-state index in [-0.39, 0.29) is 0 Å². The van der Waals surface area contributed by atoms with Gasteiger partial charge in [-0.1, -0.05) is 32.4 Å². The second-order valence-electron chi connectivity index (χ2n) is 3.51. The summed E-state index contributed by atoms with van der Waals surface area (Å²) in [5.41, 5.74) is 1.48. The fourth-order valence-electron chi connectivity index (χ4n) is 1.96. The third-order valence-corrected chi connectivity index (χ3v) is 2.95. The third kappa shape index (κ3) is 1.42. The maximum absolute atomic E-state index is 4.09. The van der Waals surface area contributed by atoms with E-state index >= 15 is 0 Å². The van der Waals surface area contributed by atoms with Crippen LogP contribution in [0.5, 0.6) is 0 Å². The summed E-state index contributed by atoms with van der Waals surface area (Å²) in [4.78, 5) is 0. The van der Waals surface area contributed by atoms with Gasteiger partial charge in [0.15, 0.2) is 0 Å². The molecule has 0 bridgehead atoms. The Hall–Kier alpha value is -0.260. The highest BCUT2D eigenvalue weighted by atomic mass is 14.3. The SMILES string of the molecule is C=C1CCCC(CC)C1C. The molecule has 0 nitrogen and oxygen atoms in total. The van der Waals surface area contributed by atoms with Crippen LogP contribution in [-0.4, -0.2) is 0 Å². The fourth-order valence-corrected chi connectivity index (χ4v) is 1.96. The van der Waals surface area contributed by atoms with Crippen LogP contribution in [0.1, 0.15) is 39.5 Å². The summed E-state index contributed by atoms with van der Waals surface area (Å²) in [5, 5.41) is 0. The minimum Gasteiger partial charge on any atom is -0.0996 e. The van der Waals surface area contributed by atoms with E-state index in [4.69, 9.17) is 0 Å². The van der Waals surface area contributed by atoms with Gasteiger partial charge in [-0.3, -0.25) is 0 Å². The highest BCUT2D eigenvalue weighted by molar-refractivity contribution is 5.04. The monoisotopic (exact) mass is 138 g/mol. The van der Waals surface area contributed by atoms with E-state index in [0.29, 0.717) is 0 Å². The Balaban J connectivity index is 2.51. The van der Waals surface area contributed by atoms with Gasteiger partial charge in [0.25, 0.3) is 0 Å². The smallest absolute Gasteiger partial charge is 0.0206 e. The number of rotatable bonds is 1. The molecule has 0 aromatic rings. The Morgan fingerprint density at radius 2 is 2.30 bits per heavy atom. The lowest BCUT2D eigenvalue weighted by Gasteiger charge is -2.29. The van der Waals surface area contributed by atoms with E-state index in [2.05, 4.69) is 20.4 Å². The van der Waals surface area contributed by atoms with E-state index < -0.39 is 0 Å². The molecule has 10 heavy (non-hydrogen) atoms. The molecule has 0 amide bonds. The topological polar surface area (TPSA) is 0 Å². The first-order valence-corrected chi connectivity index (χ1v) is 4.43. The minimum absolute atomic E-state index is 0.791. The maximum atomic E-state index is 4.09. The molecule has 2 unspecified atom stereocenters. The maximum Gasteiger partial charge on any atom is -0.0206 e. The molecule has 1 aliphatic rings. The fraction of sp³-hybridized carbons (Fsp3) is 0.800. The highest BCUT2D eigenvalue weighted by Gasteiger charge is 2.21. The molecule has 0 radical (unpaired) electrons. The van der Waals surface area contributed by atoms with Crippen LogP contribution in [0.25, 0.3) is 0 Å². The summed E-state index contributed by atoms with van der Waals surface area (Å²) in [7, 11) is 0. The van der Waals surface area contributed by atoms with Crippen LogP contribution < -0.4 is 0 Å². The predicted octanol–water partition coefficient (Wildman–Crippen LogP) is 3.39. The van der Waals surface area contributed by atoms with Crippen molar-refractivity contribution in [3.8, 4) is 0 Å². The van der Waals surface area contributed by atoms with Crippen LogP contribution in [0.4, 0.5) is 0 Å². The molecule has 0 aliphatic heterocycles. The van der Waals surface area contributed by atoms with E-state index in [1.807, 2.05) is 0 Å². The van der Waals surface area contributed by atoms with E-state index in [0.717, 1.165) is 11.8 Å².